The highest BCUT2D eigenvalue weighted by atomic mass is 16.5. The van der Waals surface area contributed by atoms with Crippen LogP contribution in [0.4, 0.5) is 33.8 Å². The summed E-state index contributed by atoms with van der Waals surface area (Å²) in [7, 11) is 0. The van der Waals surface area contributed by atoms with Crippen molar-refractivity contribution in [1.29, 1.82) is 0 Å². The third-order valence-corrected chi connectivity index (χ3v) is 10.6. The van der Waals surface area contributed by atoms with Gasteiger partial charge in [-0.05, 0) is 107 Å². The number of rotatable bonds is 8. The van der Waals surface area contributed by atoms with Crippen LogP contribution in [0, 0.1) is 5.92 Å². The molecule has 8 rings (SSSR count). The van der Waals surface area contributed by atoms with Crippen molar-refractivity contribution in [3.63, 3.8) is 0 Å². The molecule has 0 radical (unpaired) electrons. The summed E-state index contributed by atoms with van der Waals surface area (Å²) in [6.45, 7) is 11.7. The first-order valence-electron chi connectivity index (χ1n) is 17.6. The molecular weight excluding hydrogens is 590 g/mol. The number of ether oxygens (including phenoxy) is 1. The van der Waals surface area contributed by atoms with Gasteiger partial charge in [0, 0.05) is 80.5 Å². The number of piperazine rings is 1. The van der Waals surface area contributed by atoms with Crippen LogP contribution >= 0.6 is 0 Å². The quantitative estimate of drug-likeness (QED) is 0.334. The van der Waals surface area contributed by atoms with Gasteiger partial charge in [0.15, 0.2) is 5.82 Å². The van der Waals surface area contributed by atoms with E-state index in [0.717, 1.165) is 94.0 Å². The molecule has 47 heavy (non-hydrogen) atoms. The van der Waals surface area contributed by atoms with Gasteiger partial charge in [-0.1, -0.05) is 0 Å². The van der Waals surface area contributed by atoms with E-state index in [-0.39, 0.29) is 18.2 Å². The number of anilines is 5. The van der Waals surface area contributed by atoms with Crippen LogP contribution in [-0.2, 0) is 4.74 Å². The number of hydrogen-bond acceptors (Lipinski definition) is 9. The Hall–Kier alpha value is -3.96. The number of fused-ring (bicyclic) bond motifs is 2. The molecule has 1 aromatic heterocycles. The van der Waals surface area contributed by atoms with Gasteiger partial charge in [0.2, 0.25) is 11.9 Å². The second-order valence-corrected chi connectivity index (χ2v) is 14.2. The van der Waals surface area contributed by atoms with Crippen LogP contribution in [0.2, 0.25) is 0 Å². The molecule has 4 aliphatic heterocycles. The summed E-state index contributed by atoms with van der Waals surface area (Å²) in [6, 6.07) is 16.4. The minimum absolute atomic E-state index is 0.244. The number of amides is 2. The molecule has 4 atom stereocenters. The number of nitrogens with zero attached hydrogens (tertiary/aromatic N) is 7. The van der Waals surface area contributed by atoms with Gasteiger partial charge in [-0.15, -0.1) is 0 Å². The van der Waals surface area contributed by atoms with Crippen LogP contribution in [0.3, 0.4) is 0 Å². The molecule has 2 aromatic carbocycles. The molecule has 11 heteroatoms. The van der Waals surface area contributed by atoms with E-state index in [1.54, 1.807) is 0 Å². The molecule has 5 fully saturated rings. The van der Waals surface area contributed by atoms with Gasteiger partial charge in [-0.25, -0.2) is 4.79 Å². The van der Waals surface area contributed by atoms with Crippen LogP contribution in [0.25, 0.3) is 11.4 Å². The van der Waals surface area contributed by atoms with E-state index in [2.05, 4.69) is 56.2 Å². The van der Waals surface area contributed by atoms with Crippen molar-refractivity contribution in [2.45, 2.75) is 76.7 Å². The Balaban J connectivity index is 0.918. The molecule has 2 N–H and O–H groups in total. The lowest BCUT2D eigenvalue weighted by molar-refractivity contribution is 0.0299. The first-order chi connectivity index (χ1) is 22.9. The fraction of sp³-hybridized carbons (Fsp3) is 0.556. The van der Waals surface area contributed by atoms with Gasteiger partial charge in [-0.3, -0.25) is 4.90 Å². The lowest BCUT2D eigenvalue weighted by Gasteiger charge is -2.36. The highest BCUT2D eigenvalue weighted by Crippen LogP contribution is 2.34. The first kappa shape index (κ1) is 30.4. The number of urea groups is 1. The van der Waals surface area contributed by atoms with Crippen molar-refractivity contribution in [3.05, 3.63) is 48.5 Å². The number of benzene rings is 2. The molecule has 1 aliphatic carbocycles. The second kappa shape index (κ2) is 12.9. The van der Waals surface area contributed by atoms with Crippen molar-refractivity contribution < 1.29 is 9.53 Å². The SMILES string of the molecule is C[C@@H]1CC[C@H](C)N1c1nc(-c2ccc(NC(=O)Nc3ccc(N4CCN(CC5CC5)CC4)cc3)cc2)nc(N2CC3CCC(C2)O3)n1. The number of hydrogen-bond donors (Lipinski definition) is 2. The monoisotopic (exact) mass is 637 g/mol. The van der Waals surface area contributed by atoms with E-state index in [1.165, 1.54) is 25.1 Å². The highest BCUT2D eigenvalue weighted by Gasteiger charge is 2.36. The van der Waals surface area contributed by atoms with Gasteiger partial charge in [0.05, 0.1) is 12.2 Å². The van der Waals surface area contributed by atoms with E-state index >= 15 is 0 Å². The molecule has 4 saturated heterocycles. The predicted octanol–water partition coefficient (Wildman–Crippen LogP) is 5.46. The standard InChI is InChI=1S/C36H47N9O2/c1-24-3-4-25(2)45(24)35-40-33(39-34(41-35)44-22-31-15-16-32(23-44)47-31)27-7-9-28(10-8-27)37-36(46)38-29-11-13-30(14-12-29)43-19-17-42(18-20-43)21-26-5-6-26/h7-14,24-26,31-32H,3-6,15-23H2,1-2H3,(H2,37,38,46)/t24-,25+,31?,32?. The topological polar surface area (TPSA) is 102 Å². The number of carbonyl (C=O) groups excluding carboxylic acids is 1. The summed E-state index contributed by atoms with van der Waals surface area (Å²) >= 11 is 0. The molecule has 2 unspecified atom stereocenters. The van der Waals surface area contributed by atoms with Crippen LogP contribution in [0.5, 0.6) is 0 Å². The summed E-state index contributed by atoms with van der Waals surface area (Å²) in [5, 5.41) is 5.94. The molecule has 5 heterocycles. The molecule has 3 aromatic rings. The first-order valence-corrected chi connectivity index (χ1v) is 17.6. The second-order valence-electron chi connectivity index (χ2n) is 14.2. The summed E-state index contributed by atoms with van der Waals surface area (Å²) in [4.78, 5) is 37.5. The molecule has 0 spiro atoms. The summed E-state index contributed by atoms with van der Waals surface area (Å²) in [6.07, 6.45) is 7.75. The molecule has 1 saturated carbocycles. The van der Waals surface area contributed by atoms with Crippen LogP contribution in [-0.4, -0.2) is 96.0 Å². The minimum Gasteiger partial charge on any atom is -0.371 e. The normalized spacial score (nSPS) is 26.1. The summed E-state index contributed by atoms with van der Waals surface area (Å²) in [5.41, 5.74) is 3.56. The number of aromatic nitrogens is 3. The average molecular weight is 638 g/mol. The number of nitrogens with one attached hydrogen (secondary N) is 2. The Morgan fingerprint density at radius 3 is 1.94 bits per heavy atom. The third kappa shape index (κ3) is 6.87. The lowest BCUT2D eigenvalue weighted by Crippen LogP contribution is -2.47. The largest absolute Gasteiger partial charge is 0.371 e. The molecular formula is C36H47N9O2. The zero-order chi connectivity index (χ0) is 31.9. The van der Waals surface area contributed by atoms with Crippen LogP contribution < -0.4 is 25.3 Å². The van der Waals surface area contributed by atoms with Gasteiger partial charge in [0.25, 0.3) is 0 Å². The van der Waals surface area contributed by atoms with E-state index in [0.29, 0.717) is 23.6 Å². The maximum absolute atomic E-state index is 12.9. The smallest absolute Gasteiger partial charge is 0.323 e. The van der Waals surface area contributed by atoms with Gasteiger partial charge < -0.3 is 30.1 Å². The molecule has 2 bridgehead atoms. The van der Waals surface area contributed by atoms with Crippen molar-refractivity contribution in [3.8, 4) is 11.4 Å². The predicted molar refractivity (Wildman–Crippen MR) is 186 cm³/mol. The van der Waals surface area contributed by atoms with Crippen LogP contribution in [0.15, 0.2) is 48.5 Å². The van der Waals surface area contributed by atoms with Gasteiger partial charge in [-0.2, -0.15) is 15.0 Å². The summed E-state index contributed by atoms with van der Waals surface area (Å²) < 4.78 is 6.09. The van der Waals surface area contributed by atoms with E-state index < -0.39 is 0 Å². The van der Waals surface area contributed by atoms with Crippen molar-refractivity contribution in [1.82, 2.24) is 19.9 Å². The van der Waals surface area contributed by atoms with Crippen molar-refractivity contribution in [2.75, 3.05) is 71.1 Å². The number of morpholine rings is 1. The Kier molecular flexibility index (Phi) is 8.35. The maximum atomic E-state index is 12.9. The fourth-order valence-corrected chi connectivity index (χ4v) is 7.71. The maximum Gasteiger partial charge on any atom is 0.323 e. The van der Waals surface area contributed by atoms with E-state index in [9.17, 15) is 4.79 Å². The Bertz CT molecular complexity index is 1530. The zero-order valence-corrected chi connectivity index (χ0v) is 27.6. The Morgan fingerprint density at radius 2 is 1.32 bits per heavy atom. The highest BCUT2D eigenvalue weighted by molar-refractivity contribution is 6.00. The van der Waals surface area contributed by atoms with Crippen molar-refractivity contribution in [2.24, 2.45) is 5.92 Å². The summed E-state index contributed by atoms with van der Waals surface area (Å²) in [5.74, 6) is 3.05. The zero-order valence-electron chi connectivity index (χ0n) is 27.6. The molecule has 248 valence electrons. The lowest BCUT2D eigenvalue weighted by atomic mass is 10.2. The van der Waals surface area contributed by atoms with Gasteiger partial charge in [0.1, 0.15) is 0 Å². The Morgan fingerprint density at radius 1 is 0.723 bits per heavy atom. The van der Waals surface area contributed by atoms with E-state index in [4.69, 9.17) is 19.7 Å². The van der Waals surface area contributed by atoms with Crippen molar-refractivity contribution >= 4 is 35.0 Å². The fourth-order valence-electron chi connectivity index (χ4n) is 7.71. The average Bonchev–Trinajstić information content (AvgIpc) is 3.75. The Labute approximate surface area is 277 Å². The molecule has 2 amide bonds. The number of carbonyl (C=O) groups is 1. The molecule has 5 aliphatic rings. The minimum atomic E-state index is -0.275. The van der Waals surface area contributed by atoms with Gasteiger partial charge >= 0.3 is 6.03 Å². The molecule has 11 nitrogen and oxygen atoms in total. The van der Waals surface area contributed by atoms with Crippen LogP contribution in [0.1, 0.15) is 52.4 Å². The van der Waals surface area contributed by atoms with E-state index in [1.807, 2.05) is 36.4 Å². The third-order valence-electron chi connectivity index (χ3n) is 10.6.